The van der Waals surface area contributed by atoms with Gasteiger partial charge >= 0.3 is 5.69 Å². The van der Waals surface area contributed by atoms with Crippen LogP contribution >= 0.6 is 0 Å². The highest BCUT2D eigenvalue weighted by Crippen LogP contribution is 2.15. The molecule has 3 rings (SSSR count). The van der Waals surface area contributed by atoms with Crippen LogP contribution in [0.1, 0.15) is 12.6 Å². The third-order valence-electron chi connectivity index (χ3n) is 3.84. The van der Waals surface area contributed by atoms with Gasteiger partial charge in [0.05, 0.1) is 12.2 Å². The van der Waals surface area contributed by atoms with Gasteiger partial charge in [-0.25, -0.2) is 4.79 Å². The highest BCUT2D eigenvalue weighted by molar-refractivity contribution is 5.72. The van der Waals surface area contributed by atoms with Crippen LogP contribution in [0.15, 0.2) is 34.0 Å². The van der Waals surface area contributed by atoms with Gasteiger partial charge in [0.25, 0.3) is 5.56 Å². The van der Waals surface area contributed by atoms with Crippen LogP contribution < -0.4 is 16.1 Å². The minimum Gasteiger partial charge on any atom is -0.337 e. The smallest absolute Gasteiger partial charge is 0.332 e. The summed E-state index contributed by atoms with van der Waals surface area (Å²) in [5, 5.41) is 0. The van der Waals surface area contributed by atoms with Crippen LogP contribution in [0, 0.1) is 0 Å². The molecule has 0 aliphatic rings. The normalized spacial score (nSPS) is 11.1. The largest absolute Gasteiger partial charge is 0.337 e. The Labute approximate surface area is 132 Å². The Hall–Kier alpha value is -2.90. The fourth-order valence-corrected chi connectivity index (χ4v) is 2.49. The van der Waals surface area contributed by atoms with Gasteiger partial charge in [0, 0.05) is 26.8 Å². The SMILES string of the molecule is CCN(Cc1ccccn1)c1nc2c([nH]1)c(=O)n(C)c(=O)n2C. The molecule has 0 atom stereocenters. The fraction of sp³-hybridized carbons (Fsp3) is 0.333. The Morgan fingerprint density at radius 2 is 2.00 bits per heavy atom. The van der Waals surface area contributed by atoms with Crippen LogP contribution in [0.5, 0.6) is 0 Å². The molecule has 0 aliphatic heterocycles. The van der Waals surface area contributed by atoms with Crippen LogP contribution in [0.3, 0.4) is 0 Å². The van der Waals surface area contributed by atoms with E-state index in [-0.39, 0.29) is 5.56 Å². The zero-order valence-electron chi connectivity index (χ0n) is 13.3. The maximum atomic E-state index is 12.2. The first-order valence-electron chi connectivity index (χ1n) is 7.33. The summed E-state index contributed by atoms with van der Waals surface area (Å²) in [6.07, 6.45) is 1.74. The maximum Gasteiger partial charge on any atom is 0.332 e. The first-order chi connectivity index (χ1) is 11.0. The fourth-order valence-electron chi connectivity index (χ4n) is 2.49. The van der Waals surface area contributed by atoms with Crippen molar-refractivity contribution in [2.75, 3.05) is 11.4 Å². The molecule has 8 heteroatoms. The minimum absolute atomic E-state index is 0.323. The number of nitrogens with zero attached hydrogens (tertiary/aromatic N) is 5. The van der Waals surface area contributed by atoms with Crippen LogP contribution in [0.25, 0.3) is 11.2 Å². The molecule has 0 saturated heterocycles. The summed E-state index contributed by atoms with van der Waals surface area (Å²) in [5.41, 5.74) is 0.803. The molecule has 0 radical (unpaired) electrons. The molecular formula is C15H18N6O2. The van der Waals surface area contributed by atoms with Crippen LogP contribution in [-0.4, -0.2) is 30.6 Å². The second-order valence-corrected chi connectivity index (χ2v) is 5.30. The number of anilines is 1. The molecule has 3 aromatic rings. The number of hydrogen-bond donors (Lipinski definition) is 1. The van der Waals surface area contributed by atoms with Gasteiger partial charge in [0.2, 0.25) is 5.95 Å². The molecule has 0 unspecified atom stereocenters. The molecule has 3 heterocycles. The molecule has 0 fully saturated rings. The molecular weight excluding hydrogens is 296 g/mol. The van der Waals surface area contributed by atoms with Crippen molar-refractivity contribution in [2.45, 2.75) is 13.5 Å². The number of nitrogens with one attached hydrogen (secondary N) is 1. The molecule has 0 saturated carbocycles. The van der Waals surface area contributed by atoms with E-state index < -0.39 is 5.69 Å². The number of aromatic amines is 1. The summed E-state index contributed by atoms with van der Waals surface area (Å²) in [4.78, 5) is 38.0. The Bertz CT molecular complexity index is 954. The van der Waals surface area contributed by atoms with E-state index in [4.69, 9.17) is 0 Å². The molecule has 0 amide bonds. The molecule has 120 valence electrons. The van der Waals surface area contributed by atoms with Crippen LogP contribution in [0.2, 0.25) is 0 Å². The van der Waals surface area contributed by atoms with E-state index in [1.807, 2.05) is 30.0 Å². The topological polar surface area (TPSA) is 88.8 Å². The first-order valence-corrected chi connectivity index (χ1v) is 7.33. The quantitative estimate of drug-likeness (QED) is 0.752. The number of hydrogen-bond acceptors (Lipinski definition) is 5. The maximum absolute atomic E-state index is 12.2. The highest BCUT2D eigenvalue weighted by atomic mass is 16.2. The van der Waals surface area contributed by atoms with E-state index in [1.54, 1.807) is 13.2 Å². The van der Waals surface area contributed by atoms with E-state index in [9.17, 15) is 9.59 Å². The van der Waals surface area contributed by atoms with Crippen molar-refractivity contribution >= 4 is 17.1 Å². The molecule has 8 nitrogen and oxygen atoms in total. The van der Waals surface area contributed by atoms with Gasteiger partial charge in [-0.1, -0.05) is 6.07 Å². The highest BCUT2D eigenvalue weighted by Gasteiger charge is 2.16. The van der Waals surface area contributed by atoms with Crippen molar-refractivity contribution in [3.8, 4) is 0 Å². The van der Waals surface area contributed by atoms with E-state index in [0.717, 1.165) is 10.3 Å². The van der Waals surface area contributed by atoms with E-state index >= 15 is 0 Å². The third-order valence-corrected chi connectivity index (χ3v) is 3.84. The van der Waals surface area contributed by atoms with Crippen molar-refractivity contribution in [3.63, 3.8) is 0 Å². The Morgan fingerprint density at radius 1 is 1.22 bits per heavy atom. The Balaban J connectivity index is 2.09. The lowest BCUT2D eigenvalue weighted by atomic mass is 10.3. The molecule has 0 aromatic carbocycles. The number of pyridine rings is 1. The number of aryl methyl sites for hydroxylation is 1. The van der Waals surface area contributed by atoms with Gasteiger partial charge < -0.3 is 9.88 Å². The predicted octanol–water partition coefficient (Wildman–Crippen LogP) is 0.382. The van der Waals surface area contributed by atoms with Crippen LogP contribution in [-0.2, 0) is 20.6 Å². The average Bonchev–Trinajstić information content (AvgIpc) is 3.02. The summed E-state index contributed by atoms with van der Waals surface area (Å²) >= 11 is 0. The van der Waals surface area contributed by atoms with Crippen molar-refractivity contribution < 1.29 is 0 Å². The summed E-state index contributed by atoms with van der Waals surface area (Å²) in [6, 6.07) is 5.72. The van der Waals surface area contributed by atoms with Gasteiger partial charge in [-0.3, -0.25) is 18.9 Å². The molecule has 0 bridgehead atoms. The van der Waals surface area contributed by atoms with Gasteiger partial charge in [-0.2, -0.15) is 4.98 Å². The Kier molecular flexibility index (Phi) is 3.73. The molecule has 0 aliphatic carbocycles. The average molecular weight is 314 g/mol. The van der Waals surface area contributed by atoms with E-state index in [0.29, 0.717) is 30.2 Å². The van der Waals surface area contributed by atoms with Gasteiger partial charge in [0.1, 0.15) is 0 Å². The summed E-state index contributed by atoms with van der Waals surface area (Å²) in [6.45, 7) is 3.24. The van der Waals surface area contributed by atoms with E-state index in [2.05, 4.69) is 15.0 Å². The third kappa shape index (κ3) is 2.52. The first kappa shape index (κ1) is 15.0. The summed E-state index contributed by atoms with van der Waals surface area (Å²) in [5.74, 6) is 0.548. The minimum atomic E-state index is -0.395. The predicted molar refractivity (Wildman–Crippen MR) is 87.5 cm³/mol. The Morgan fingerprint density at radius 3 is 2.65 bits per heavy atom. The van der Waals surface area contributed by atoms with Gasteiger partial charge in [0.15, 0.2) is 11.2 Å². The molecule has 3 aromatic heterocycles. The zero-order valence-corrected chi connectivity index (χ0v) is 13.3. The van der Waals surface area contributed by atoms with Crippen molar-refractivity contribution in [3.05, 3.63) is 50.9 Å². The van der Waals surface area contributed by atoms with Crippen molar-refractivity contribution in [2.24, 2.45) is 14.1 Å². The van der Waals surface area contributed by atoms with E-state index in [1.165, 1.54) is 11.6 Å². The second-order valence-electron chi connectivity index (χ2n) is 5.30. The number of rotatable bonds is 4. The standard InChI is InChI=1S/C15H18N6O2/c1-4-21(9-10-7-5-6-8-16-10)14-17-11-12(18-14)19(2)15(23)20(3)13(11)22/h5-8H,4,9H2,1-3H3,(H,17,18). The number of H-pyrrole nitrogens is 1. The van der Waals surface area contributed by atoms with Crippen LogP contribution in [0.4, 0.5) is 5.95 Å². The molecule has 23 heavy (non-hydrogen) atoms. The zero-order chi connectivity index (χ0) is 16.6. The number of fused-ring (bicyclic) bond motifs is 1. The molecule has 0 spiro atoms. The lowest BCUT2D eigenvalue weighted by molar-refractivity contribution is 0.708. The summed E-state index contributed by atoms with van der Waals surface area (Å²) < 4.78 is 2.44. The number of imidazole rings is 1. The lowest BCUT2D eigenvalue weighted by Gasteiger charge is -2.19. The number of aromatic nitrogens is 5. The van der Waals surface area contributed by atoms with Crippen molar-refractivity contribution in [1.82, 2.24) is 24.1 Å². The van der Waals surface area contributed by atoms with Gasteiger partial charge in [-0.05, 0) is 19.1 Å². The monoisotopic (exact) mass is 314 g/mol. The second kappa shape index (κ2) is 5.71. The van der Waals surface area contributed by atoms with Gasteiger partial charge in [-0.15, -0.1) is 0 Å². The molecule has 1 N–H and O–H groups in total. The summed E-state index contributed by atoms with van der Waals surface area (Å²) in [7, 11) is 3.06. The van der Waals surface area contributed by atoms with Crippen molar-refractivity contribution in [1.29, 1.82) is 0 Å². The lowest BCUT2D eigenvalue weighted by Crippen LogP contribution is -2.36.